The van der Waals surface area contributed by atoms with Gasteiger partial charge in [-0.1, -0.05) is 27.7 Å². The number of rotatable bonds is 8. The van der Waals surface area contributed by atoms with E-state index in [2.05, 4.69) is 18.7 Å². The fourth-order valence-electron chi connectivity index (χ4n) is 1.71. The van der Waals surface area contributed by atoms with Crippen LogP contribution in [0.25, 0.3) is 0 Å². The average Bonchev–Trinajstić information content (AvgIpc) is 2.19. The van der Waals surface area contributed by atoms with Crippen molar-refractivity contribution in [2.24, 2.45) is 5.92 Å². The van der Waals surface area contributed by atoms with E-state index in [4.69, 9.17) is 5.11 Å². The van der Waals surface area contributed by atoms with Gasteiger partial charge in [-0.25, -0.2) is 0 Å². The first kappa shape index (κ1) is 14.6. The van der Waals surface area contributed by atoms with Crippen molar-refractivity contribution in [2.75, 3.05) is 19.7 Å². The molecule has 3 nitrogen and oxygen atoms in total. The van der Waals surface area contributed by atoms with E-state index in [1.54, 1.807) is 0 Å². The summed E-state index contributed by atoms with van der Waals surface area (Å²) in [6, 6.07) is 0.417. The molecular formula is C12H25NO2. The second-order valence-electron chi connectivity index (χ2n) is 4.29. The molecule has 0 aliphatic heterocycles. The molecular weight excluding hydrogens is 190 g/mol. The van der Waals surface area contributed by atoms with Gasteiger partial charge in [-0.05, 0) is 12.8 Å². The van der Waals surface area contributed by atoms with Gasteiger partial charge in [0.15, 0.2) is 0 Å². The van der Waals surface area contributed by atoms with Gasteiger partial charge in [0.05, 0.1) is 13.2 Å². The Morgan fingerprint density at radius 1 is 1.27 bits per heavy atom. The van der Waals surface area contributed by atoms with Crippen LogP contribution in [0.3, 0.4) is 0 Å². The Morgan fingerprint density at radius 3 is 2.13 bits per heavy atom. The second-order valence-corrected chi connectivity index (χ2v) is 4.29. The molecule has 0 rings (SSSR count). The summed E-state index contributed by atoms with van der Waals surface area (Å²) >= 11 is 0. The van der Waals surface area contributed by atoms with Crippen LogP contribution in [-0.2, 0) is 4.79 Å². The van der Waals surface area contributed by atoms with Crippen LogP contribution in [0, 0.1) is 5.92 Å². The molecule has 0 heterocycles. The van der Waals surface area contributed by atoms with E-state index in [0.29, 0.717) is 19.1 Å². The predicted molar refractivity (Wildman–Crippen MR) is 62.9 cm³/mol. The number of hydrogen-bond acceptors (Lipinski definition) is 3. The molecule has 0 bridgehead atoms. The molecule has 15 heavy (non-hydrogen) atoms. The van der Waals surface area contributed by atoms with Crippen LogP contribution in [0.5, 0.6) is 0 Å². The van der Waals surface area contributed by atoms with Crippen molar-refractivity contribution in [3.05, 3.63) is 0 Å². The summed E-state index contributed by atoms with van der Waals surface area (Å²) < 4.78 is 0. The monoisotopic (exact) mass is 215 g/mol. The Labute approximate surface area is 93.5 Å². The molecule has 3 heteroatoms. The fraction of sp³-hybridized carbons (Fsp3) is 0.917. The Kier molecular flexibility index (Phi) is 7.61. The highest BCUT2D eigenvalue weighted by atomic mass is 16.3. The first-order valence-corrected chi connectivity index (χ1v) is 5.94. The lowest BCUT2D eigenvalue weighted by Gasteiger charge is -2.29. The van der Waals surface area contributed by atoms with Gasteiger partial charge in [-0.15, -0.1) is 0 Å². The molecule has 0 saturated heterocycles. The number of nitrogens with zero attached hydrogens (tertiary/aromatic N) is 1. The van der Waals surface area contributed by atoms with Gasteiger partial charge in [0, 0.05) is 18.5 Å². The third-order valence-corrected chi connectivity index (χ3v) is 2.85. The minimum atomic E-state index is 0.0838. The van der Waals surface area contributed by atoms with Gasteiger partial charge < -0.3 is 5.11 Å². The topological polar surface area (TPSA) is 40.5 Å². The number of aliphatic hydroxyl groups is 1. The van der Waals surface area contributed by atoms with E-state index in [-0.39, 0.29) is 18.3 Å². The van der Waals surface area contributed by atoms with E-state index in [1.165, 1.54) is 0 Å². The first-order chi connectivity index (χ1) is 7.06. The maximum absolute atomic E-state index is 11.6. The Hall–Kier alpha value is -0.410. The normalized spacial score (nSPS) is 11.7. The molecule has 0 saturated carbocycles. The van der Waals surface area contributed by atoms with Gasteiger partial charge in [-0.3, -0.25) is 9.69 Å². The van der Waals surface area contributed by atoms with Crippen LogP contribution >= 0.6 is 0 Å². The van der Waals surface area contributed by atoms with Crippen LogP contribution in [0.15, 0.2) is 0 Å². The van der Waals surface area contributed by atoms with Gasteiger partial charge in [0.2, 0.25) is 0 Å². The highest BCUT2D eigenvalue weighted by Gasteiger charge is 2.18. The molecule has 0 fully saturated rings. The maximum Gasteiger partial charge on any atom is 0.149 e. The molecule has 90 valence electrons. The SMILES string of the molecule is CCC(CC)N(CCO)CC(=O)C(C)C. The quantitative estimate of drug-likeness (QED) is 0.670. The lowest BCUT2D eigenvalue weighted by Crippen LogP contribution is -2.41. The molecule has 1 N–H and O–H groups in total. The second kappa shape index (κ2) is 7.83. The molecule has 0 aromatic carbocycles. The smallest absolute Gasteiger partial charge is 0.149 e. The predicted octanol–water partition coefficient (Wildman–Crippen LogP) is 1.69. The molecule has 0 atom stereocenters. The third-order valence-electron chi connectivity index (χ3n) is 2.85. The molecule has 0 aromatic rings. The molecule has 0 aromatic heterocycles. The molecule has 0 aliphatic carbocycles. The minimum absolute atomic E-state index is 0.0838. The number of carbonyl (C=O) groups excluding carboxylic acids is 1. The molecule has 0 aliphatic rings. The van der Waals surface area contributed by atoms with Crippen LogP contribution in [-0.4, -0.2) is 41.5 Å². The standard InChI is InChI=1S/C12H25NO2/c1-5-11(6-2)13(7-8-14)9-12(15)10(3)4/h10-11,14H,5-9H2,1-4H3. The van der Waals surface area contributed by atoms with Crippen LogP contribution in [0.2, 0.25) is 0 Å². The Morgan fingerprint density at radius 2 is 1.80 bits per heavy atom. The van der Waals surface area contributed by atoms with Crippen molar-refractivity contribution in [3.63, 3.8) is 0 Å². The average molecular weight is 215 g/mol. The Balaban J connectivity index is 4.31. The number of hydrogen-bond donors (Lipinski definition) is 1. The van der Waals surface area contributed by atoms with Crippen molar-refractivity contribution < 1.29 is 9.90 Å². The minimum Gasteiger partial charge on any atom is -0.395 e. The molecule has 0 radical (unpaired) electrons. The van der Waals surface area contributed by atoms with E-state index < -0.39 is 0 Å². The van der Waals surface area contributed by atoms with Gasteiger partial charge in [0.1, 0.15) is 5.78 Å². The summed E-state index contributed by atoms with van der Waals surface area (Å²) in [5.74, 6) is 0.343. The summed E-state index contributed by atoms with van der Waals surface area (Å²) in [6.45, 7) is 9.30. The molecule has 0 amide bonds. The lowest BCUT2D eigenvalue weighted by molar-refractivity contribution is -0.123. The number of Topliss-reactive ketones (excluding diaryl/α,β-unsaturated/α-hetero) is 1. The summed E-state index contributed by atoms with van der Waals surface area (Å²) in [5.41, 5.74) is 0. The Bertz CT molecular complexity index is 176. The highest BCUT2D eigenvalue weighted by Crippen LogP contribution is 2.09. The number of carbonyl (C=O) groups is 1. The summed E-state index contributed by atoms with van der Waals surface area (Å²) in [6.07, 6.45) is 2.06. The van der Waals surface area contributed by atoms with Gasteiger partial charge in [-0.2, -0.15) is 0 Å². The molecule has 0 unspecified atom stereocenters. The van der Waals surface area contributed by atoms with Crippen molar-refractivity contribution >= 4 is 5.78 Å². The first-order valence-electron chi connectivity index (χ1n) is 5.94. The summed E-state index contributed by atoms with van der Waals surface area (Å²) in [4.78, 5) is 13.7. The lowest BCUT2D eigenvalue weighted by atomic mass is 10.1. The van der Waals surface area contributed by atoms with Crippen molar-refractivity contribution in [2.45, 2.75) is 46.6 Å². The fourth-order valence-corrected chi connectivity index (χ4v) is 1.71. The van der Waals surface area contributed by atoms with Crippen molar-refractivity contribution in [1.82, 2.24) is 4.90 Å². The highest BCUT2D eigenvalue weighted by molar-refractivity contribution is 5.82. The maximum atomic E-state index is 11.6. The van der Waals surface area contributed by atoms with Crippen LogP contribution < -0.4 is 0 Å². The zero-order valence-electron chi connectivity index (χ0n) is 10.5. The van der Waals surface area contributed by atoms with Gasteiger partial charge >= 0.3 is 0 Å². The third kappa shape index (κ3) is 5.28. The molecule has 0 spiro atoms. The van der Waals surface area contributed by atoms with E-state index in [1.807, 2.05) is 13.8 Å². The zero-order chi connectivity index (χ0) is 11.8. The van der Waals surface area contributed by atoms with Crippen molar-refractivity contribution in [3.8, 4) is 0 Å². The number of aliphatic hydroxyl groups excluding tert-OH is 1. The zero-order valence-corrected chi connectivity index (χ0v) is 10.5. The van der Waals surface area contributed by atoms with Crippen LogP contribution in [0.4, 0.5) is 0 Å². The van der Waals surface area contributed by atoms with E-state index in [9.17, 15) is 4.79 Å². The van der Waals surface area contributed by atoms with E-state index >= 15 is 0 Å². The van der Waals surface area contributed by atoms with Crippen molar-refractivity contribution in [1.29, 1.82) is 0 Å². The van der Waals surface area contributed by atoms with Crippen LogP contribution in [0.1, 0.15) is 40.5 Å². The van der Waals surface area contributed by atoms with Gasteiger partial charge in [0.25, 0.3) is 0 Å². The summed E-state index contributed by atoms with van der Waals surface area (Å²) in [7, 11) is 0. The van der Waals surface area contributed by atoms with E-state index in [0.717, 1.165) is 12.8 Å². The number of ketones is 1. The largest absolute Gasteiger partial charge is 0.395 e. The summed E-state index contributed by atoms with van der Waals surface area (Å²) in [5, 5.41) is 8.98.